The van der Waals surface area contributed by atoms with Crippen LogP contribution in [0.3, 0.4) is 0 Å². The Labute approximate surface area is 206 Å². The molecule has 0 fully saturated rings. The van der Waals surface area contributed by atoms with E-state index in [2.05, 4.69) is 26.0 Å². The maximum absolute atomic E-state index is 13.0. The Hall–Kier alpha value is -3.20. The summed E-state index contributed by atoms with van der Waals surface area (Å²) in [7, 11) is -3.87. The van der Waals surface area contributed by atoms with E-state index in [-0.39, 0.29) is 22.8 Å². The molecule has 0 aliphatic heterocycles. The average molecular weight is 539 g/mol. The summed E-state index contributed by atoms with van der Waals surface area (Å²) in [6.45, 7) is -0.230. The molecule has 0 saturated carbocycles. The summed E-state index contributed by atoms with van der Waals surface area (Å²) in [5.74, 6) is -0.423. The number of fused-ring (bicyclic) bond motifs is 1. The van der Waals surface area contributed by atoms with Gasteiger partial charge in [0.15, 0.2) is 0 Å². The Kier molecular flexibility index (Phi) is 7.31. The van der Waals surface area contributed by atoms with Gasteiger partial charge in [-0.05, 0) is 69.0 Å². The van der Waals surface area contributed by atoms with Gasteiger partial charge in [-0.15, -0.1) is 0 Å². The summed E-state index contributed by atoms with van der Waals surface area (Å²) in [5, 5.41) is 14.3. The van der Waals surface area contributed by atoms with Crippen molar-refractivity contribution in [2.75, 3.05) is 11.3 Å². The van der Waals surface area contributed by atoms with E-state index < -0.39 is 22.0 Å². The number of carbonyl (C=O) groups excluding carboxylic acids is 1. The molecular weight excluding hydrogens is 516 g/mol. The van der Waals surface area contributed by atoms with Crippen molar-refractivity contribution in [1.82, 2.24) is 5.32 Å². The van der Waals surface area contributed by atoms with Crippen LogP contribution in [0.1, 0.15) is 15.9 Å². The van der Waals surface area contributed by atoms with Gasteiger partial charge in [-0.25, -0.2) is 8.42 Å². The number of hydrogen-bond acceptors (Lipinski definition) is 4. The predicted octanol–water partition coefficient (Wildman–Crippen LogP) is 4.74. The lowest BCUT2D eigenvalue weighted by Crippen LogP contribution is -2.39. The molecule has 3 N–H and O–H groups in total. The molecule has 174 valence electrons. The fraction of sp³-hybridized carbons (Fsp3) is 0.115. The number of benzene rings is 4. The lowest BCUT2D eigenvalue weighted by atomic mass is 10.1. The quantitative estimate of drug-likeness (QED) is 0.302. The Bertz CT molecular complexity index is 1430. The third-order valence-electron chi connectivity index (χ3n) is 5.37. The molecule has 6 nitrogen and oxygen atoms in total. The number of anilines is 1. The first kappa shape index (κ1) is 23.9. The molecule has 0 saturated heterocycles. The molecular formula is C26H23BrN2O4S. The lowest BCUT2D eigenvalue weighted by molar-refractivity contribution is 0.0915. The van der Waals surface area contributed by atoms with E-state index in [1.54, 1.807) is 30.3 Å². The van der Waals surface area contributed by atoms with Gasteiger partial charge < -0.3 is 10.4 Å². The summed E-state index contributed by atoms with van der Waals surface area (Å²) in [6, 6.07) is 26.1. The van der Waals surface area contributed by atoms with Crippen molar-refractivity contribution in [3.8, 4) is 0 Å². The van der Waals surface area contributed by atoms with E-state index in [0.717, 1.165) is 16.3 Å². The second kappa shape index (κ2) is 10.4. The number of amides is 1. The molecule has 8 heteroatoms. The number of sulfonamides is 1. The third kappa shape index (κ3) is 5.64. The first-order chi connectivity index (χ1) is 16.4. The summed E-state index contributed by atoms with van der Waals surface area (Å²) in [6.07, 6.45) is 0.467. The maximum Gasteiger partial charge on any atom is 0.261 e. The van der Waals surface area contributed by atoms with Gasteiger partial charge in [0.1, 0.15) is 0 Å². The number of hydrogen-bond donors (Lipinski definition) is 3. The normalized spacial score (nSPS) is 12.3. The highest BCUT2D eigenvalue weighted by Crippen LogP contribution is 2.25. The Balaban J connectivity index is 1.53. The van der Waals surface area contributed by atoms with Crippen molar-refractivity contribution in [1.29, 1.82) is 0 Å². The van der Waals surface area contributed by atoms with Gasteiger partial charge in [0.25, 0.3) is 15.9 Å². The van der Waals surface area contributed by atoms with Crippen LogP contribution in [0.5, 0.6) is 0 Å². The van der Waals surface area contributed by atoms with Crippen LogP contribution in [-0.4, -0.2) is 32.1 Å². The maximum atomic E-state index is 13.0. The minimum Gasteiger partial charge on any atom is -0.394 e. The topological polar surface area (TPSA) is 95.5 Å². The smallest absolute Gasteiger partial charge is 0.261 e. The number of halogens is 1. The minimum atomic E-state index is -3.87. The highest BCUT2D eigenvalue weighted by atomic mass is 79.9. The average Bonchev–Trinajstić information content (AvgIpc) is 2.85. The molecule has 1 unspecified atom stereocenters. The van der Waals surface area contributed by atoms with Crippen LogP contribution in [0.25, 0.3) is 10.8 Å². The van der Waals surface area contributed by atoms with Crippen molar-refractivity contribution in [2.24, 2.45) is 0 Å². The molecule has 4 aromatic rings. The van der Waals surface area contributed by atoms with Crippen molar-refractivity contribution in [2.45, 2.75) is 17.4 Å². The van der Waals surface area contributed by atoms with E-state index in [9.17, 15) is 18.3 Å². The van der Waals surface area contributed by atoms with Crippen LogP contribution in [0.15, 0.2) is 100 Å². The predicted molar refractivity (Wildman–Crippen MR) is 137 cm³/mol. The number of aliphatic hydroxyl groups is 1. The molecule has 0 spiro atoms. The summed E-state index contributed by atoms with van der Waals surface area (Å²) in [5.41, 5.74) is 1.49. The fourth-order valence-corrected chi connectivity index (χ4v) is 5.15. The van der Waals surface area contributed by atoms with Crippen LogP contribution in [0, 0.1) is 0 Å². The van der Waals surface area contributed by atoms with Gasteiger partial charge in [-0.3, -0.25) is 9.52 Å². The molecule has 34 heavy (non-hydrogen) atoms. The molecule has 1 amide bonds. The minimum absolute atomic E-state index is 0.128. The lowest BCUT2D eigenvalue weighted by Gasteiger charge is -2.18. The van der Waals surface area contributed by atoms with Gasteiger partial charge in [-0.1, -0.05) is 60.7 Å². The molecule has 0 aliphatic carbocycles. The van der Waals surface area contributed by atoms with Crippen LogP contribution >= 0.6 is 15.9 Å². The highest BCUT2D eigenvalue weighted by Gasteiger charge is 2.19. The van der Waals surface area contributed by atoms with Gasteiger partial charge in [0.05, 0.1) is 23.1 Å². The Morgan fingerprint density at radius 1 is 0.882 bits per heavy atom. The van der Waals surface area contributed by atoms with E-state index in [4.69, 9.17) is 0 Å². The molecule has 4 aromatic carbocycles. The standard InChI is InChI=1S/C26H23BrN2O4S/c27-25-13-11-21(29-34(32,33)23-12-10-19-8-4-5-9-20(19)15-23)16-24(25)26(31)28-22(17-30)14-18-6-2-1-3-7-18/h1-13,15-16,22,29-30H,14,17H2,(H,28,31). The molecule has 0 radical (unpaired) electrons. The summed E-state index contributed by atoms with van der Waals surface area (Å²) in [4.78, 5) is 13.1. The zero-order valence-electron chi connectivity index (χ0n) is 18.1. The number of nitrogens with one attached hydrogen (secondary N) is 2. The SMILES string of the molecule is O=C(NC(CO)Cc1ccccc1)c1cc(NS(=O)(=O)c2ccc3ccccc3c2)ccc1Br. The molecule has 0 heterocycles. The molecule has 1 atom stereocenters. The summed E-state index contributed by atoms with van der Waals surface area (Å²) < 4.78 is 29.0. The van der Waals surface area contributed by atoms with E-state index in [1.165, 1.54) is 6.07 Å². The Morgan fingerprint density at radius 3 is 2.32 bits per heavy atom. The molecule has 0 bridgehead atoms. The second-order valence-corrected chi connectivity index (χ2v) is 10.4. The van der Waals surface area contributed by atoms with Gasteiger partial charge in [-0.2, -0.15) is 0 Å². The van der Waals surface area contributed by atoms with Gasteiger partial charge >= 0.3 is 0 Å². The summed E-state index contributed by atoms with van der Waals surface area (Å²) >= 11 is 3.36. The molecule has 4 rings (SSSR count). The largest absolute Gasteiger partial charge is 0.394 e. The number of rotatable bonds is 8. The van der Waals surface area contributed by atoms with Crippen LogP contribution in [0.2, 0.25) is 0 Å². The van der Waals surface area contributed by atoms with Crippen molar-refractivity contribution >= 4 is 48.3 Å². The fourth-order valence-electron chi connectivity index (χ4n) is 3.63. The first-order valence-electron chi connectivity index (χ1n) is 10.6. The van der Waals surface area contributed by atoms with Gasteiger partial charge in [0, 0.05) is 10.2 Å². The number of carbonyl (C=O) groups is 1. The number of aliphatic hydroxyl groups excluding tert-OH is 1. The zero-order valence-corrected chi connectivity index (χ0v) is 20.5. The highest BCUT2D eigenvalue weighted by molar-refractivity contribution is 9.10. The van der Waals surface area contributed by atoms with Crippen molar-refractivity contribution in [3.05, 3.63) is 107 Å². The van der Waals surface area contributed by atoms with E-state index in [0.29, 0.717) is 10.9 Å². The van der Waals surface area contributed by atoms with E-state index >= 15 is 0 Å². The Morgan fingerprint density at radius 2 is 1.59 bits per heavy atom. The first-order valence-corrected chi connectivity index (χ1v) is 12.9. The molecule has 0 aliphatic rings. The van der Waals surface area contributed by atoms with Crippen LogP contribution in [0.4, 0.5) is 5.69 Å². The zero-order chi connectivity index (χ0) is 24.1. The van der Waals surface area contributed by atoms with Crippen LogP contribution in [-0.2, 0) is 16.4 Å². The van der Waals surface area contributed by atoms with Crippen molar-refractivity contribution < 1.29 is 18.3 Å². The van der Waals surface area contributed by atoms with Gasteiger partial charge in [0.2, 0.25) is 0 Å². The third-order valence-corrected chi connectivity index (χ3v) is 7.45. The van der Waals surface area contributed by atoms with Crippen LogP contribution < -0.4 is 10.0 Å². The van der Waals surface area contributed by atoms with Crippen molar-refractivity contribution in [3.63, 3.8) is 0 Å². The second-order valence-electron chi connectivity index (χ2n) is 7.85. The monoisotopic (exact) mass is 538 g/mol. The molecule has 0 aromatic heterocycles. The van der Waals surface area contributed by atoms with E-state index in [1.807, 2.05) is 54.6 Å².